The number of hydrogen-bond acceptors (Lipinski definition) is 6. The lowest BCUT2D eigenvalue weighted by Gasteiger charge is -2.60. The number of carbonyl (C=O) groups is 1. The highest BCUT2D eigenvalue weighted by molar-refractivity contribution is 7.92. The highest BCUT2D eigenvalue weighted by Crippen LogP contribution is 2.57. The molecule has 3 fully saturated rings. The van der Waals surface area contributed by atoms with E-state index < -0.39 is 56.2 Å². The number of aromatic nitrogens is 2. The number of aliphatic hydroxyl groups excluding tert-OH is 1. The smallest absolute Gasteiger partial charge is 0.255 e. The first kappa shape index (κ1) is 25.8. The molecule has 0 saturated heterocycles. The Morgan fingerprint density at radius 1 is 1.16 bits per heavy atom. The minimum Gasteiger partial charge on any atom is -0.388 e. The Bertz CT molecular complexity index is 1440. The number of rotatable bonds is 7. The van der Waals surface area contributed by atoms with E-state index >= 15 is 0 Å². The Balaban J connectivity index is 1.33. The molecule has 2 bridgehead atoms. The molecule has 3 unspecified atom stereocenters. The minimum absolute atomic E-state index is 0.00332. The molecular formula is C25H24ClF2N3O5S. The summed E-state index contributed by atoms with van der Waals surface area (Å²) >= 11 is 6.24. The summed E-state index contributed by atoms with van der Waals surface area (Å²) in [6.45, 7) is 0.0921. The monoisotopic (exact) mass is 551 g/mol. The molecule has 196 valence electrons. The molecule has 3 atom stereocenters. The van der Waals surface area contributed by atoms with Crippen molar-refractivity contribution in [2.75, 3.05) is 5.32 Å². The van der Waals surface area contributed by atoms with Crippen LogP contribution in [0.4, 0.5) is 14.5 Å². The molecule has 8 nitrogen and oxygen atoms in total. The van der Waals surface area contributed by atoms with E-state index in [0.717, 1.165) is 18.2 Å². The fourth-order valence-corrected chi connectivity index (χ4v) is 7.95. The average molecular weight is 552 g/mol. The van der Waals surface area contributed by atoms with E-state index in [1.165, 1.54) is 22.9 Å². The van der Waals surface area contributed by atoms with Gasteiger partial charge >= 0.3 is 0 Å². The maximum atomic E-state index is 13.6. The largest absolute Gasteiger partial charge is 0.388 e. The van der Waals surface area contributed by atoms with Gasteiger partial charge < -0.3 is 15.5 Å². The summed E-state index contributed by atoms with van der Waals surface area (Å²) in [4.78, 5) is 12.5. The molecule has 1 amide bonds. The van der Waals surface area contributed by atoms with Crippen molar-refractivity contribution < 1.29 is 32.2 Å². The third kappa shape index (κ3) is 4.54. The second-order valence-corrected chi connectivity index (χ2v) is 12.2. The van der Waals surface area contributed by atoms with Gasteiger partial charge in [-0.25, -0.2) is 17.2 Å². The van der Waals surface area contributed by atoms with Gasteiger partial charge in [-0.1, -0.05) is 11.6 Å². The van der Waals surface area contributed by atoms with Crippen LogP contribution < -0.4 is 5.32 Å². The molecule has 0 spiro atoms. The molecule has 3 aliphatic rings. The third-order valence-electron chi connectivity index (χ3n) is 7.54. The molecule has 0 radical (unpaired) electrons. The minimum atomic E-state index is -3.99. The summed E-state index contributed by atoms with van der Waals surface area (Å²) < 4.78 is 55.3. The first-order valence-electron chi connectivity index (χ1n) is 11.7. The Hall–Kier alpha value is -2.86. The number of benzene rings is 2. The van der Waals surface area contributed by atoms with Crippen molar-refractivity contribution in [2.45, 2.75) is 47.7 Å². The summed E-state index contributed by atoms with van der Waals surface area (Å²) in [6.07, 6.45) is 3.00. The van der Waals surface area contributed by atoms with Gasteiger partial charge in [0, 0.05) is 29.7 Å². The van der Waals surface area contributed by atoms with Gasteiger partial charge in [-0.3, -0.25) is 9.48 Å². The molecule has 3 N–H and O–H groups in total. The maximum absolute atomic E-state index is 13.6. The number of nitrogens with one attached hydrogen (secondary N) is 1. The standard InChI is InChI=1S/C25H24ClF2N3O5S/c26-19-4-2-14(24(33)30-17-3-5-20(27)21(28)12-17)8-22(19)37(35,36)18-10-15-9-16(11-18)25(15,34)23(32)13-31-7-1-6-29-31/h1-8,12,15-16,18,23,32,34H,9-11,13H2,(H,30,33). The highest BCUT2D eigenvalue weighted by Gasteiger charge is 2.63. The van der Waals surface area contributed by atoms with Gasteiger partial charge in [0.2, 0.25) is 0 Å². The summed E-state index contributed by atoms with van der Waals surface area (Å²) in [5.41, 5.74) is -1.43. The van der Waals surface area contributed by atoms with Crippen LogP contribution in [0.5, 0.6) is 0 Å². The van der Waals surface area contributed by atoms with E-state index in [1.807, 2.05) is 0 Å². The summed E-state index contributed by atoms with van der Waals surface area (Å²) in [5.74, 6) is -3.76. The van der Waals surface area contributed by atoms with Crippen LogP contribution in [0.1, 0.15) is 29.6 Å². The Labute approximate surface area is 216 Å². The van der Waals surface area contributed by atoms with Gasteiger partial charge in [-0.15, -0.1) is 0 Å². The molecule has 3 aliphatic carbocycles. The third-order valence-corrected chi connectivity index (χ3v) is 10.2. The highest BCUT2D eigenvalue weighted by atomic mass is 35.5. The second-order valence-electron chi connectivity index (χ2n) is 9.63. The van der Waals surface area contributed by atoms with E-state index in [0.29, 0.717) is 6.42 Å². The van der Waals surface area contributed by atoms with E-state index in [4.69, 9.17) is 11.6 Å². The van der Waals surface area contributed by atoms with Gasteiger partial charge in [0.05, 0.1) is 27.3 Å². The molecule has 3 aromatic rings. The van der Waals surface area contributed by atoms with Crippen molar-refractivity contribution in [3.8, 4) is 0 Å². The van der Waals surface area contributed by atoms with Crippen molar-refractivity contribution in [3.05, 3.63) is 77.1 Å². The number of anilines is 1. The summed E-state index contributed by atoms with van der Waals surface area (Å²) in [6, 6.07) is 8.35. The zero-order chi connectivity index (χ0) is 26.5. The molecule has 1 heterocycles. The number of amides is 1. The van der Waals surface area contributed by atoms with Crippen molar-refractivity contribution in [1.29, 1.82) is 0 Å². The quantitative estimate of drug-likeness (QED) is 0.414. The van der Waals surface area contributed by atoms with Gasteiger partial charge in [0.15, 0.2) is 21.5 Å². The second kappa shape index (κ2) is 9.46. The summed E-state index contributed by atoms with van der Waals surface area (Å²) in [7, 11) is -3.99. The number of aliphatic hydroxyl groups is 2. The number of halogens is 3. The van der Waals surface area contributed by atoms with Crippen molar-refractivity contribution in [2.24, 2.45) is 11.8 Å². The number of sulfone groups is 1. The lowest BCUT2D eigenvalue weighted by Crippen LogP contribution is -2.68. The predicted octanol–water partition coefficient (Wildman–Crippen LogP) is 3.43. The van der Waals surface area contributed by atoms with Gasteiger partial charge in [0.1, 0.15) is 6.10 Å². The molecular weight excluding hydrogens is 528 g/mol. The number of carbonyl (C=O) groups excluding carboxylic acids is 1. The van der Waals surface area contributed by atoms with Gasteiger partial charge in [-0.05, 0) is 67.5 Å². The lowest BCUT2D eigenvalue weighted by atomic mass is 9.52. The predicted molar refractivity (Wildman–Crippen MR) is 131 cm³/mol. The van der Waals surface area contributed by atoms with Crippen LogP contribution in [0, 0.1) is 23.5 Å². The Morgan fingerprint density at radius 2 is 1.89 bits per heavy atom. The van der Waals surface area contributed by atoms with Crippen LogP contribution in [-0.2, 0) is 16.4 Å². The Kier molecular flexibility index (Phi) is 6.59. The molecule has 1 aromatic heterocycles. The lowest BCUT2D eigenvalue weighted by molar-refractivity contribution is -0.234. The number of fused-ring (bicyclic) bond motifs is 2. The fraction of sp³-hybridized carbons (Fsp3) is 0.360. The molecule has 0 aliphatic heterocycles. The van der Waals surface area contributed by atoms with Crippen LogP contribution in [0.15, 0.2) is 59.8 Å². The number of nitrogens with zero attached hydrogens (tertiary/aromatic N) is 2. The van der Waals surface area contributed by atoms with E-state index in [9.17, 15) is 32.2 Å². The van der Waals surface area contributed by atoms with Crippen LogP contribution in [-0.4, -0.2) is 51.3 Å². The topological polar surface area (TPSA) is 122 Å². The van der Waals surface area contributed by atoms with E-state index in [1.54, 1.807) is 18.5 Å². The SMILES string of the molecule is O=C(Nc1ccc(F)c(F)c1)c1ccc(Cl)c(S(=O)(=O)C2CC3CC(C2)C3(O)C(O)Cn2cccn2)c1. The van der Waals surface area contributed by atoms with Crippen LogP contribution in [0.3, 0.4) is 0 Å². The molecule has 3 saturated carbocycles. The normalized spacial score (nSPS) is 25.8. The van der Waals surface area contributed by atoms with Gasteiger partial charge in [-0.2, -0.15) is 5.10 Å². The zero-order valence-corrected chi connectivity index (χ0v) is 21.0. The molecule has 37 heavy (non-hydrogen) atoms. The molecule has 6 rings (SSSR count). The van der Waals surface area contributed by atoms with Crippen molar-refractivity contribution in [3.63, 3.8) is 0 Å². The Morgan fingerprint density at radius 3 is 2.54 bits per heavy atom. The molecule has 12 heteroatoms. The van der Waals surface area contributed by atoms with Crippen LogP contribution in [0.25, 0.3) is 0 Å². The van der Waals surface area contributed by atoms with Crippen molar-refractivity contribution >= 4 is 33.0 Å². The van der Waals surface area contributed by atoms with E-state index in [2.05, 4.69) is 10.4 Å². The maximum Gasteiger partial charge on any atom is 0.255 e. The fourth-order valence-electron chi connectivity index (χ4n) is 5.54. The van der Waals surface area contributed by atoms with Crippen LogP contribution >= 0.6 is 11.6 Å². The van der Waals surface area contributed by atoms with E-state index in [-0.39, 0.29) is 40.6 Å². The number of hydrogen-bond donors (Lipinski definition) is 3. The van der Waals surface area contributed by atoms with Crippen molar-refractivity contribution in [1.82, 2.24) is 9.78 Å². The average Bonchev–Trinajstić information content (AvgIpc) is 3.38. The summed E-state index contributed by atoms with van der Waals surface area (Å²) in [5, 5.41) is 27.5. The van der Waals surface area contributed by atoms with Gasteiger partial charge in [0.25, 0.3) is 5.91 Å². The zero-order valence-electron chi connectivity index (χ0n) is 19.4. The first-order chi connectivity index (χ1) is 17.5. The molecule has 2 aromatic carbocycles. The first-order valence-corrected chi connectivity index (χ1v) is 13.6. The van der Waals surface area contributed by atoms with Crippen LogP contribution in [0.2, 0.25) is 5.02 Å².